The number of hydrogen-bond donors (Lipinski definition) is 2. The lowest BCUT2D eigenvalue weighted by molar-refractivity contribution is -0.173. The second-order valence-electron chi connectivity index (χ2n) is 4.29. The number of halogens is 4. The molecule has 0 aromatic heterocycles. The molecule has 2 N–H and O–H groups in total. The number of hydrogen-bond acceptors (Lipinski definition) is 4. The van der Waals surface area contributed by atoms with E-state index in [1.807, 2.05) is 0 Å². The Kier molecular flexibility index (Phi) is 7.81. The third-order valence-corrected chi connectivity index (χ3v) is 2.58. The molecule has 0 saturated heterocycles. The molecule has 0 spiro atoms. The van der Waals surface area contributed by atoms with Crippen LogP contribution in [0, 0.1) is 0 Å². The predicted octanol–water partition coefficient (Wildman–Crippen LogP) is 2.25. The Bertz CT molecular complexity index is 401. The van der Waals surface area contributed by atoms with Crippen LogP contribution in [-0.2, 0) is 4.74 Å². The van der Waals surface area contributed by atoms with Crippen LogP contribution in [0.1, 0.15) is 0 Å². The number of aliphatic hydroxyl groups excluding tert-OH is 1. The molecule has 1 rings (SSSR count). The highest BCUT2D eigenvalue weighted by atomic mass is 35.5. The highest BCUT2D eigenvalue weighted by Gasteiger charge is 2.27. The number of alkyl halides is 3. The van der Waals surface area contributed by atoms with Gasteiger partial charge in [0.15, 0.2) is 0 Å². The van der Waals surface area contributed by atoms with E-state index in [9.17, 15) is 18.3 Å². The van der Waals surface area contributed by atoms with Gasteiger partial charge in [0.05, 0.1) is 6.61 Å². The zero-order valence-electron chi connectivity index (χ0n) is 11.2. The predicted molar refractivity (Wildman–Crippen MR) is 72.7 cm³/mol. The first-order chi connectivity index (χ1) is 9.87. The van der Waals surface area contributed by atoms with Crippen molar-refractivity contribution in [2.75, 3.05) is 32.9 Å². The Morgan fingerprint density at radius 2 is 1.90 bits per heavy atom. The number of aliphatic hydroxyl groups is 1. The van der Waals surface area contributed by atoms with Gasteiger partial charge < -0.3 is 19.9 Å². The van der Waals surface area contributed by atoms with Crippen LogP contribution in [0.4, 0.5) is 13.2 Å². The second-order valence-corrected chi connectivity index (χ2v) is 4.73. The smallest absolute Gasteiger partial charge is 0.411 e. The molecule has 0 bridgehead atoms. The van der Waals surface area contributed by atoms with Crippen molar-refractivity contribution in [1.82, 2.24) is 5.32 Å². The van der Waals surface area contributed by atoms with Crippen LogP contribution in [0.15, 0.2) is 24.3 Å². The summed E-state index contributed by atoms with van der Waals surface area (Å²) in [6.07, 6.45) is -5.09. The minimum atomic E-state index is -4.31. The van der Waals surface area contributed by atoms with Gasteiger partial charge in [-0.05, 0) is 24.3 Å². The Balaban J connectivity index is 2.03. The van der Waals surface area contributed by atoms with Crippen molar-refractivity contribution in [2.24, 2.45) is 0 Å². The van der Waals surface area contributed by atoms with E-state index in [0.717, 1.165) is 0 Å². The summed E-state index contributed by atoms with van der Waals surface area (Å²) in [5.74, 6) is 0.576. The molecule has 0 aliphatic heterocycles. The molecule has 0 saturated carbocycles. The van der Waals surface area contributed by atoms with Crippen LogP contribution in [0.25, 0.3) is 0 Å². The maximum atomic E-state index is 11.8. The fourth-order valence-corrected chi connectivity index (χ4v) is 1.51. The second kappa shape index (κ2) is 9.09. The maximum absolute atomic E-state index is 11.8. The molecule has 0 fully saturated rings. The van der Waals surface area contributed by atoms with Crippen molar-refractivity contribution in [3.05, 3.63) is 29.3 Å². The Hall–Kier alpha value is -1.02. The zero-order valence-corrected chi connectivity index (χ0v) is 12.0. The van der Waals surface area contributed by atoms with Crippen molar-refractivity contribution in [3.8, 4) is 5.75 Å². The van der Waals surface area contributed by atoms with Gasteiger partial charge in [0.1, 0.15) is 25.1 Å². The van der Waals surface area contributed by atoms with Gasteiger partial charge in [-0.3, -0.25) is 0 Å². The molecular weight excluding hydrogens is 311 g/mol. The van der Waals surface area contributed by atoms with Gasteiger partial charge in [-0.25, -0.2) is 0 Å². The average Bonchev–Trinajstić information content (AvgIpc) is 2.41. The minimum absolute atomic E-state index is 0.0675. The summed E-state index contributed by atoms with van der Waals surface area (Å²) >= 11 is 5.72. The van der Waals surface area contributed by atoms with E-state index in [2.05, 4.69) is 10.1 Å². The number of ether oxygens (including phenoxy) is 2. The Morgan fingerprint density at radius 1 is 1.24 bits per heavy atom. The normalized spacial score (nSPS) is 13.2. The molecule has 4 nitrogen and oxygen atoms in total. The number of nitrogens with one attached hydrogen (secondary N) is 1. The van der Waals surface area contributed by atoms with Gasteiger partial charge in [-0.2, -0.15) is 13.2 Å². The van der Waals surface area contributed by atoms with E-state index < -0.39 is 18.9 Å². The molecule has 0 aliphatic carbocycles. The summed E-state index contributed by atoms with van der Waals surface area (Å²) in [6, 6.07) is 6.68. The molecule has 8 heteroatoms. The zero-order chi connectivity index (χ0) is 15.7. The first-order valence-corrected chi connectivity index (χ1v) is 6.66. The van der Waals surface area contributed by atoms with Crippen LogP contribution in [0.5, 0.6) is 5.75 Å². The van der Waals surface area contributed by atoms with Gasteiger partial charge >= 0.3 is 6.18 Å². The summed E-state index contributed by atoms with van der Waals surface area (Å²) in [5.41, 5.74) is 0. The summed E-state index contributed by atoms with van der Waals surface area (Å²) in [7, 11) is 0. The average molecular weight is 328 g/mol. The fraction of sp³-hybridized carbons (Fsp3) is 0.538. The Morgan fingerprint density at radius 3 is 2.52 bits per heavy atom. The molecule has 21 heavy (non-hydrogen) atoms. The monoisotopic (exact) mass is 327 g/mol. The molecule has 1 unspecified atom stereocenters. The van der Waals surface area contributed by atoms with Crippen molar-refractivity contribution in [3.63, 3.8) is 0 Å². The summed E-state index contributed by atoms with van der Waals surface area (Å²) in [6.45, 7) is -0.865. The van der Waals surface area contributed by atoms with Gasteiger partial charge in [0, 0.05) is 18.1 Å². The molecule has 120 valence electrons. The lowest BCUT2D eigenvalue weighted by Gasteiger charge is -2.13. The minimum Gasteiger partial charge on any atom is -0.491 e. The first kappa shape index (κ1) is 18.0. The van der Waals surface area contributed by atoms with Crippen molar-refractivity contribution in [2.45, 2.75) is 12.3 Å². The van der Waals surface area contributed by atoms with E-state index in [-0.39, 0.29) is 26.3 Å². The SMILES string of the molecule is OC(CNCCOCC(F)(F)F)COc1ccc(Cl)cc1. The van der Waals surface area contributed by atoms with Gasteiger partial charge in [0.25, 0.3) is 0 Å². The lowest BCUT2D eigenvalue weighted by Crippen LogP contribution is -2.33. The van der Waals surface area contributed by atoms with E-state index in [0.29, 0.717) is 10.8 Å². The van der Waals surface area contributed by atoms with E-state index in [1.54, 1.807) is 24.3 Å². The summed E-state index contributed by atoms with van der Waals surface area (Å²) in [5, 5.41) is 13.0. The number of rotatable bonds is 9. The molecule has 0 heterocycles. The van der Waals surface area contributed by atoms with Crippen LogP contribution < -0.4 is 10.1 Å². The Labute approximate surface area is 125 Å². The third kappa shape index (κ3) is 9.52. The largest absolute Gasteiger partial charge is 0.491 e. The topological polar surface area (TPSA) is 50.7 Å². The first-order valence-electron chi connectivity index (χ1n) is 6.28. The van der Waals surface area contributed by atoms with E-state index in [1.165, 1.54) is 0 Å². The molecule has 0 radical (unpaired) electrons. The molecular formula is C13H17ClF3NO3. The standard InChI is InChI=1S/C13H17ClF3NO3/c14-10-1-3-12(4-2-10)21-8-11(19)7-18-5-6-20-9-13(15,16)17/h1-4,11,18-19H,5-9H2. The van der Waals surface area contributed by atoms with Crippen molar-refractivity contribution < 1.29 is 27.8 Å². The third-order valence-electron chi connectivity index (χ3n) is 2.32. The maximum Gasteiger partial charge on any atom is 0.411 e. The van der Waals surface area contributed by atoms with Crippen LogP contribution in [0.2, 0.25) is 5.02 Å². The van der Waals surface area contributed by atoms with E-state index >= 15 is 0 Å². The van der Waals surface area contributed by atoms with Gasteiger partial charge in [-0.15, -0.1) is 0 Å². The van der Waals surface area contributed by atoms with Crippen LogP contribution in [0.3, 0.4) is 0 Å². The van der Waals surface area contributed by atoms with Crippen molar-refractivity contribution in [1.29, 1.82) is 0 Å². The summed E-state index contributed by atoms with van der Waals surface area (Å²) < 4.78 is 45.0. The summed E-state index contributed by atoms with van der Waals surface area (Å²) in [4.78, 5) is 0. The van der Waals surface area contributed by atoms with E-state index in [4.69, 9.17) is 16.3 Å². The highest BCUT2D eigenvalue weighted by Crippen LogP contribution is 2.15. The highest BCUT2D eigenvalue weighted by molar-refractivity contribution is 6.30. The lowest BCUT2D eigenvalue weighted by atomic mass is 10.3. The molecule has 1 atom stereocenters. The number of benzene rings is 1. The molecule has 1 aromatic carbocycles. The van der Waals surface area contributed by atoms with Gasteiger partial charge in [0.2, 0.25) is 0 Å². The molecule has 1 aromatic rings. The van der Waals surface area contributed by atoms with Gasteiger partial charge in [-0.1, -0.05) is 11.6 Å². The van der Waals surface area contributed by atoms with Crippen LogP contribution in [-0.4, -0.2) is 50.3 Å². The van der Waals surface area contributed by atoms with Crippen molar-refractivity contribution >= 4 is 11.6 Å². The fourth-order valence-electron chi connectivity index (χ4n) is 1.38. The molecule has 0 aliphatic rings. The molecule has 0 amide bonds. The van der Waals surface area contributed by atoms with Crippen LogP contribution >= 0.6 is 11.6 Å². The quantitative estimate of drug-likeness (QED) is 0.683.